The number of amides is 1. The van der Waals surface area contributed by atoms with Gasteiger partial charge in [-0.25, -0.2) is 8.42 Å². The summed E-state index contributed by atoms with van der Waals surface area (Å²) in [6, 6.07) is 12.2. The molecule has 1 fully saturated rings. The fourth-order valence-electron chi connectivity index (χ4n) is 3.43. The molecule has 1 aliphatic rings. The van der Waals surface area contributed by atoms with Crippen LogP contribution in [0.15, 0.2) is 53.4 Å². The van der Waals surface area contributed by atoms with Crippen LogP contribution in [0.5, 0.6) is 5.75 Å². The van der Waals surface area contributed by atoms with Crippen molar-refractivity contribution in [3.05, 3.63) is 64.2 Å². The summed E-state index contributed by atoms with van der Waals surface area (Å²) in [7, 11) is -2.02. The lowest BCUT2D eigenvalue weighted by Gasteiger charge is -2.34. The minimum Gasteiger partial charge on any atom is -0.497 e. The average Bonchev–Trinajstić information content (AvgIpc) is 2.80. The van der Waals surface area contributed by atoms with Crippen molar-refractivity contribution in [2.75, 3.05) is 46.4 Å². The van der Waals surface area contributed by atoms with Crippen LogP contribution < -0.4 is 10.1 Å². The molecule has 1 heterocycles. The summed E-state index contributed by atoms with van der Waals surface area (Å²) in [6.07, 6.45) is 0.145. The molecule has 1 saturated heterocycles. The molecule has 0 radical (unpaired) electrons. The lowest BCUT2D eigenvalue weighted by atomic mass is 10.1. The molecule has 0 aromatic heterocycles. The first-order chi connectivity index (χ1) is 15.3. The second-order valence-corrected chi connectivity index (χ2v) is 9.31. The third-order valence-corrected chi connectivity index (χ3v) is 7.20. The second kappa shape index (κ2) is 10.5. The Morgan fingerprint density at radius 3 is 2.25 bits per heavy atom. The number of benzene rings is 2. The van der Waals surface area contributed by atoms with Gasteiger partial charge in [-0.2, -0.15) is 4.31 Å². The minimum atomic E-state index is -3.55. The van der Waals surface area contributed by atoms with Gasteiger partial charge in [0.2, 0.25) is 15.9 Å². The maximum Gasteiger partial charge on any atom is 0.269 e. The standard InChI is InChI=1S/C21H26N4O6S/c1-31-19-6-8-20(9-7-19)32(29,30)24-14-12-23(13-15-24)11-10-22-21(26)16-17-2-4-18(5-3-17)25(27)28/h2-9H,10-16H2,1H3,(H,22,26). The van der Waals surface area contributed by atoms with E-state index in [0.717, 1.165) is 0 Å². The van der Waals surface area contributed by atoms with Crippen molar-refractivity contribution in [1.29, 1.82) is 0 Å². The van der Waals surface area contributed by atoms with Gasteiger partial charge in [0, 0.05) is 51.4 Å². The Bertz CT molecular complexity index is 1030. The number of nitro benzene ring substituents is 1. The van der Waals surface area contributed by atoms with E-state index in [1.165, 1.54) is 23.5 Å². The van der Waals surface area contributed by atoms with Gasteiger partial charge >= 0.3 is 0 Å². The van der Waals surface area contributed by atoms with E-state index in [0.29, 0.717) is 50.6 Å². The Kier molecular flexibility index (Phi) is 7.78. The molecule has 0 unspecified atom stereocenters. The number of hydrogen-bond acceptors (Lipinski definition) is 7. The van der Waals surface area contributed by atoms with Crippen molar-refractivity contribution < 1.29 is 22.9 Å². The molecule has 10 nitrogen and oxygen atoms in total. The molecule has 172 valence electrons. The average molecular weight is 463 g/mol. The van der Waals surface area contributed by atoms with E-state index in [1.807, 2.05) is 0 Å². The molecule has 0 saturated carbocycles. The smallest absolute Gasteiger partial charge is 0.269 e. The van der Waals surface area contributed by atoms with Crippen LogP contribution in [0, 0.1) is 10.1 Å². The Hall–Kier alpha value is -3.02. The number of nitrogens with zero attached hydrogens (tertiary/aromatic N) is 3. The molecule has 11 heteroatoms. The van der Waals surface area contributed by atoms with Crippen molar-refractivity contribution in [3.8, 4) is 5.75 Å². The molecule has 3 rings (SSSR count). The summed E-state index contributed by atoms with van der Waals surface area (Å²) in [4.78, 5) is 24.6. The van der Waals surface area contributed by atoms with Gasteiger partial charge in [0.25, 0.3) is 5.69 Å². The monoisotopic (exact) mass is 462 g/mol. The molecule has 1 N–H and O–H groups in total. The van der Waals surface area contributed by atoms with E-state index in [1.54, 1.807) is 36.4 Å². The molecular formula is C21H26N4O6S. The molecule has 32 heavy (non-hydrogen) atoms. The maximum atomic E-state index is 12.8. The summed E-state index contributed by atoms with van der Waals surface area (Å²) >= 11 is 0. The maximum absolute atomic E-state index is 12.8. The van der Waals surface area contributed by atoms with Crippen molar-refractivity contribution in [1.82, 2.24) is 14.5 Å². The highest BCUT2D eigenvalue weighted by molar-refractivity contribution is 7.89. The SMILES string of the molecule is COc1ccc(S(=O)(=O)N2CCN(CCNC(=O)Cc3ccc([N+](=O)[O-])cc3)CC2)cc1. The van der Waals surface area contributed by atoms with Gasteiger partial charge in [0.05, 0.1) is 23.3 Å². The van der Waals surface area contributed by atoms with E-state index in [-0.39, 0.29) is 22.9 Å². The van der Waals surface area contributed by atoms with Crippen LogP contribution in [0.1, 0.15) is 5.56 Å². The topological polar surface area (TPSA) is 122 Å². The van der Waals surface area contributed by atoms with Crippen LogP contribution in [0.4, 0.5) is 5.69 Å². The summed E-state index contributed by atoms with van der Waals surface area (Å²) in [5, 5.41) is 13.5. The van der Waals surface area contributed by atoms with E-state index >= 15 is 0 Å². The number of sulfonamides is 1. The third-order valence-electron chi connectivity index (χ3n) is 5.29. The van der Waals surface area contributed by atoms with Gasteiger partial charge in [0.1, 0.15) is 5.75 Å². The van der Waals surface area contributed by atoms with Crippen molar-refractivity contribution >= 4 is 21.6 Å². The number of carbonyl (C=O) groups is 1. The fourth-order valence-corrected chi connectivity index (χ4v) is 4.85. The first-order valence-corrected chi connectivity index (χ1v) is 11.6. The fraction of sp³-hybridized carbons (Fsp3) is 0.381. The lowest BCUT2D eigenvalue weighted by Crippen LogP contribution is -2.50. The van der Waals surface area contributed by atoms with Gasteiger partial charge < -0.3 is 10.1 Å². The lowest BCUT2D eigenvalue weighted by molar-refractivity contribution is -0.384. The number of rotatable bonds is 9. The Balaban J connectivity index is 1.41. The van der Waals surface area contributed by atoms with Crippen LogP contribution >= 0.6 is 0 Å². The van der Waals surface area contributed by atoms with Gasteiger partial charge in [-0.05, 0) is 29.8 Å². The summed E-state index contributed by atoms with van der Waals surface area (Å²) < 4.78 is 32.1. The van der Waals surface area contributed by atoms with E-state index < -0.39 is 14.9 Å². The van der Waals surface area contributed by atoms with Gasteiger partial charge in [-0.15, -0.1) is 0 Å². The molecule has 2 aromatic rings. The Morgan fingerprint density at radius 2 is 1.69 bits per heavy atom. The summed E-state index contributed by atoms with van der Waals surface area (Å²) in [5.41, 5.74) is 0.688. The van der Waals surface area contributed by atoms with Crippen molar-refractivity contribution in [3.63, 3.8) is 0 Å². The van der Waals surface area contributed by atoms with Gasteiger partial charge in [-0.3, -0.25) is 19.8 Å². The van der Waals surface area contributed by atoms with E-state index in [2.05, 4.69) is 10.2 Å². The number of piperazine rings is 1. The number of nitro groups is 1. The summed E-state index contributed by atoms with van der Waals surface area (Å²) in [5.74, 6) is 0.434. The first-order valence-electron chi connectivity index (χ1n) is 10.2. The zero-order valence-electron chi connectivity index (χ0n) is 17.8. The first kappa shape index (κ1) is 23.6. The molecule has 0 bridgehead atoms. The third kappa shape index (κ3) is 6.02. The van der Waals surface area contributed by atoms with Crippen LogP contribution in [0.25, 0.3) is 0 Å². The minimum absolute atomic E-state index is 0.0118. The molecular weight excluding hydrogens is 436 g/mol. The highest BCUT2D eigenvalue weighted by Crippen LogP contribution is 2.20. The van der Waals surface area contributed by atoms with Crippen LogP contribution in [-0.4, -0.2) is 74.8 Å². The zero-order chi connectivity index (χ0) is 23.1. The largest absolute Gasteiger partial charge is 0.497 e. The van der Waals surface area contributed by atoms with Crippen LogP contribution in [0.3, 0.4) is 0 Å². The normalized spacial score (nSPS) is 15.3. The predicted octanol–water partition coefficient (Wildman–Crippen LogP) is 1.27. The summed E-state index contributed by atoms with van der Waals surface area (Å²) in [6.45, 7) is 2.97. The molecule has 0 aliphatic carbocycles. The number of non-ortho nitro benzene ring substituents is 1. The van der Waals surface area contributed by atoms with E-state index in [9.17, 15) is 23.3 Å². The van der Waals surface area contributed by atoms with Crippen molar-refractivity contribution in [2.45, 2.75) is 11.3 Å². The number of hydrogen-bond donors (Lipinski definition) is 1. The van der Waals surface area contributed by atoms with E-state index in [4.69, 9.17) is 4.74 Å². The van der Waals surface area contributed by atoms with Gasteiger partial charge in [-0.1, -0.05) is 12.1 Å². The molecule has 1 aliphatic heterocycles. The highest BCUT2D eigenvalue weighted by atomic mass is 32.2. The quantitative estimate of drug-likeness (QED) is 0.440. The Morgan fingerprint density at radius 1 is 1.06 bits per heavy atom. The molecule has 2 aromatic carbocycles. The number of methoxy groups -OCH3 is 1. The van der Waals surface area contributed by atoms with Crippen molar-refractivity contribution in [2.24, 2.45) is 0 Å². The van der Waals surface area contributed by atoms with Crippen LogP contribution in [0.2, 0.25) is 0 Å². The number of ether oxygens (including phenoxy) is 1. The number of nitrogens with one attached hydrogen (secondary N) is 1. The van der Waals surface area contributed by atoms with Crippen LogP contribution in [-0.2, 0) is 21.2 Å². The molecule has 0 atom stereocenters. The zero-order valence-corrected chi connectivity index (χ0v) is 18.6. The molecule has 0 spiro atoms. The molecule has 1 amide bonds. The second-order valence-electron chi connectivity index (χ2n) is 7.37. The van der Waals surface area contributed by atoms with Gasteiger partial charge in [0.15, 0.2) is 0 Å². The highest BCUT2D eigenvalue weighted by Gasteiger charge is 2.28. The Labute approximate surface area is 187 Å². The number of carbonyl (C=O) groups excluding carboxylic acids is 1. The predicted molar refractivity (Wildman–Crippen MR) is 118 cm³/mol.